The largest absolute Gasteiger partial charge is 0.444 e. The number of nitrogens with two attached hydrogens (primary N) is 2. The molecule has 1 aromatic carbocycles. The molecule has 8 nitrogen and oxygen atoms in total. The first-order valence-electron chi connectivity index (χ1n) is 11.2. The van der Waals surface area contributed by atoms with Crippen LogP contribution in [0, 0.1) is 22.7 Å². The molecule has 0 spiro atoms. The fraction of sp³-hybridized carbons (Fsp3) is 0.308. The molecule has 2 aliphatic carbocycles. The number of nitriles is 2. The van der Waals surface area contributed by atoms with E-state index in [4.69, 9.17) is 20.9 Å². The van der Waals surface area contributed by atoms with Gasteiger partial charge in [-0.1, -0.05) is 24.3 Å². The van der Waals surface area contributed by atoms with Gasteiger partial charge < -0.3 is 20.9 Å². The van der Waals surface area contributed by atoms with Crippen LogP contribution in [-0.2, 0) is 19.1 Å². The Balaban J connectivity index is 1.59. The average Bonchev–Trinajstić information content (AvgIpc) is 2.83. The summed E-state index contributed by atoms with van der Waals surface area (Å²) in [4.78, 5) is 25.6. The Kier molecular flexibility index (Phi) is 5.22. The third kappa shape index (κ3) is 3.27. The second-order valence-corrected chi connectivity index (χ2v) is 8.74. The fourth-order valence-electron chi connectivity index (χ4n) is 5.26. The standard InChI is InChI=1S/C26H22N4O4/c27-11-15-21(23-17(31)3-1-5-19(23)33-25(15)29)13-7-9-14(10-8-13)22-16(12-28)26(30)34-20-6-2-4-18(32)24(20)22/h7-10,21-22H,1-6,29-30H2/t21-,22-/m1/s1. The number of hydrogen-bond acceptors (Lipinski definition) is 8. The molecule has 0 amide bonds. The van der Waals surface area contributed by atoms with Crippen LogP contribution in [-0.4, -0.2) is 11.6 Å². The Labute approximate surface area is 196 Å². The predicted molar refractivity (Wildman–Crippen MR) is 120 cm³/mol. The molecule has 34 heavy (non-hydrogen) atoms. The lowest BCUT2D eigenvalue weighted by atomic mass is 9.75. The summed E-state index contributed by atoms with van der Waals surface area (Å²) in [6.07, 6.45) is 3.33. The first-order chi connectivity index (χ1) is 16.4. The summed E-state index contributed by atoms with van der Waals surface area (Å²) in [5, 5.41) is 19.5. The van der Waals surface area contributed by atoms with Crippen molar-refractivity contribution in [3.63, 3.8) is 0 Å². The van der Waals surface area contributed by atoms with Crippen molar-refractivity contribution in [2.24, 2.45) is 11.5 Å². The van der Waals surface area contributed by atoms with E-state index in [1.54, 1.807) is 24.3 Å². The van der Waals surface area contributed by atoms with Gasteiger partial charge in [0.25, 0.3) is 0 Å². The zero-order chi connectivity index (χ0) is 24.0. The summed E-state index contributed by atoms with van der Waals surface area (Å²) in [5.74, 6) is -0.262. The van der Waals surface area contributed by atoms with E-state index < -0.39 is 11.8 Å². The molecule has 2 aliphatic heterocycles. The second-order valence-electron chi connectivity index (χ2n) is 8.74. The molecule has 4 N–H and O–H groups in total. The van der Waals surface area contributed by atoms with E-state index in [1.807, 2.05) is 0 Å². The zero-order valence-electron chi connectivity index (χ0n) is 18.4. The Morgan fingerprint density at radius 3 is 1.44 bits per heavy atom. The maximum atomic E-state index is 12.8. The van der Waals surface area contributed by atoms with Gasteiger partial charge in [0.2, 0.25) is 11.8 Å². The van der Waals surface area contributed by atoms with Crippen LogP contribution in [0.3, 0.4) is 0 Å². The first kappa shape index (κ1) is 21.5. The minimum absolute atomic E-state index is 0.0135. The molecular weight excluding hydrogens is 432 g/mol. The minimum atomic E-state index is -0.618. The Hall–Kier alpha value is -4.30. The maximum Gasteiger partial charge on any atom is 0.205 e. The van der Waals surface area contributed by atoms with E-state index >= 15 is 0 Å². The molecule has 0 radical (unpaired) electrons. The Morgan fingerprint density at radius 2 is 1.09 bits per heavy atom. The van der Waals surface area contributed by atoms with E-state index in [9.17, 15) is 20.1 Å². The highest BCUT2D eigenvalue weighted by Gasteiger charge is 2.40. The van der Waals surface area contributed by atoms with Gasteiger partial charge in [-0.05, 0) is 24.0 Å². The quantitative estimate of drug-likeness (QED) is 0.690. The SMILES string of the molecule is N#CC1=C(N)OC2=C(C(=O)CCC2)[C@@H]1c1ccc([C@@H]2C(C#N)=C(N)OC3=C2C(=O)CCC3)cc1. The molecule has 0 bridgehead atoms. The molecule has 5 rings (SSSR count). The number of rotatable bonds is 2. The van der Waals surface area contributed by atoms with E-state index in [-0.39, 0.29) is 34.5 Å². The molecule has 0 unspecified atom stereocenters. The van der Waals surface area contributed by atoms with Crippen LogP contribution < -0.4 is 11.5 Å². The van der Waals surface area contributed by atoms with Crippen LogP contribution in [0.25, 0.3) is 0 Å². The fourth-order valence-corrected chi connectivity index (χ4v) is 5.26. The number of ketones is 2. The molecule has 1 aromatic rings. The molecule has 170 valence electrons. The number of hydrogen-bond donors (Lipinski definition) is 2. The van der Waals surface area contributed by atoms with Crippen molar-refractivity contribution >= 4 is 11.6 Å². The van der Waals surface area contributed by atoms with E-state index in [0.717, 1.165) is 0 Å². The van der Waals surface area contributed by atoms with E-state index in [1.165, 1.54) is 0 Å². The van der Waals surface area contributed by atoms with Gasteiger partial charge in [-0.25, -0.2) is 0 Å². The molecule has 8 heteroatoms. The molecule has 4 aliphatic rings. The van der Waals surface area contributed by atoms with Crippen LogP contribution >= 0.6 is 0 Å². The minimum Gasteiger partial charge on any atom is -0.444 e. The molecule has 0 saturated heterocycles. The van der Waals surface area contributed by atoms with Gasteiger partial charge in [0.05, 0.1) is 11.8 Å². The summed E-state index contributed by atoms with van der Waals surface area (Å²) < 4.78 is 11.3. The van der Waals surface area contributed by atoms with E-state index in [2.05, 4.69) is 12.1 Å². The van der Waals surface area contributed by atoms with Gasteiger partial charge in [0, 0.05) is 36.8 Å². The highest BCUT2D eigenvalue weighted by molar-refractivity contribution is 6.00. The van der Waals surface area contributed by atoms with Crippen LogP contribution in [0.4, 0.5) is 0 Å². The third-order valence-electron chi connectivity index (χ3n) is 6.81. The number of benzene rings is 1. The van der Waals surface area contributed by atoms with Crippen LogP contribution in [0.2, 0.25) is 0 Å². The van der Waals surface area contributed by atoms with Gasteiger partial charge in [0.1, 0.15) is 34.8 Å². The van der Waals surface area contributed by atoms with Crippen molar-refractivity contribution in [3.8, 4) is 12.1 Å². The normalized spacial score (nSPS) is 24.6. The molecule has 2 heterocycles. The topological polar surface area (TPSA) is 152 Å². The molecule has 0 fully saturated rings. The average molecular weight is 454 g/mol. The molecule has 2 atom stereocenters. The van der Waals surface area contributed by atoms with Crippen molar-refractivity contribution in [1.82, 2.24) is 0 Å². The van der Waals surface area contributed by atoms with Crippen molar-refractivity contribution in [1.29, 1.82) is 10.5 Å². The maximum absolute atomic E-state index is 12.8. The molecular formula is C26H22N4O4. The summed E-state index contributed by atoms with van der Waals surface area (Å²) in [5.41, 5.74) is 14.8. The van der Waals surface area contributed by atoms with E-state index in [0.29, 0.717) is 72.3 Å². The number of nitrogens with zero attached hydrogens (tertiary/aromatic N) is 2. The summed E-state index contributed by atoms with van der Waals surface area (Å²) >= 11 is 0. The monoisotopic (exact) mass is 454 g/mol. The smallest absolute Gasteiger partial charge is 0.205 e. The summed E-state index contributed by atoms with van der Waals surface area (Å²) in [6.45, 7) is 0. The third-order valence-corrected chi connectivity index (χ3v) is 6.81. The lowest BCUT2D eigenvalue weighted by Gasteiger charge is -2.32. The molecule has 0 aromatic heterocycles. The number of carbonyl (C=O) groups excluding carboxylic acids is 2. The van der Waals surface area contributed by atoms with Gasteiger partial charge in [-0.15, -0.1) is 0 Å². The zero-order valence-corrected chi connectivity index (χ0v) is 18.4. The van der Waals surface area contributed by atoms with Gasteiger partial charge in [-0.2, -0.15) is 10.5 Å². The van der Waals surface area contributed by atoms with Crippen LogP contribution in [0.1, 0.15) is 61.5 Å². The van der Waals surface area contributed by atoms with Gasteiger partial charge >= 0.3 is 0 Å². The number of Topliss-reactive ketones (excluding diaryl/α,β-unsaturated/α-hetero) is 2. The number of ether oxygens (including phenoxy) is 2. The van der Waals surface area contributed by atoms with Gasteiger partial charge in [0.15, 0.2) is 11.6 Å². The lowest BCUT2D eigenvalue weighted by Crippen LogP contribution is -2.28. The number of allylic oxidation sites excluding steroid dienone is 6. The summed E-state index contributed by atoms with van der Waals surface area (Å²) in [6, 6.07) is 11.4. The Morgan fingerprint density at radius 1 is 0.706 bits per heavy atom. The van der Waals surface area contributed by atoms with Crippen molar-refractivity contribution in [2.45, 2.75) is 50.4 Å². The number of carbonyl (C=O) groups is 2. The molecule has 0 saturated carbocycles. The van der Waals surface area contributed by atoms with Gasteiger partial charge in [-0.3, -0.25) is 9.59 Å². The van der Waals surface area contributed by atoms with Crippen LogP contribution in [0.15, 0.2) is 69.8 Å². The second kappa shape index (κ2) is 8.24. The van der Waals surface area contributed by atoms with Crippen molar-refractivity contribution in [3.05, 3.63) is 81.0 Å². The lowest BCUT2D eigenvalue weighted by molar-refractivity contribution is -0.117. The van der Waals surface area contributed by atoms with Crippen molar-refractivity contribution in [2.75, 3.05) is 0 Å². The highest BCUT2D eigenvalue weighted by atomic mass is 16.5. The van der Waals surface area contributed by atoms with Crippen LogP contribution in [0.5, 0.6) is 0 Å². The van der Waals surface area contributed by atoms with Crippen molar-refractivity contribution < 1.29 is 19.1 Å². The summed E-state index contributed by atoms with van der Waals surface area (Å²) in [7, 11) is 0. The highest BCUT2D eigenvalue weighted by Crippen LogP contribution is 2.46. The predicted octanol–water partition coefficient (Wildman–Crippen LogP) is 3.32. The Bertz CT molecular complexity index is 1230. The first-order valence-corrected chi connectivity index (χ1v) is 11.2.